The highest BCUT2D eigenvalue weighted by Crippen LogP contribution is 2.23. The number of hydrogen-bond donors (Lipinski definition) is 0. The molecule has 1 amide bonds. The van der Waals surface area contributed by atoms with Gasteiger partial charge in [-0.1, -0.05) is 12.1 Å². The summed E-state index contributed by atoms with van der Waals surface area (Å²) in [6.07, 6.45) is 0. The molecule has 0 atom stereocenters. The van der Waals surface area contributed by atoms with E-state index in [0.717, 1.165) is 30.2 Å². The van der Waals surface area contributed by atoms with E-state index >= 15 is 0 Å². The number of fused-ring (bicyclic) bond motifs is 1. The van der Waals surface area contributed by atoms with Gasteiger partial charge in [0.05, 0.1) is 21.7 Å². The molecule has 2 heterocycles. The molecule has 1 aromatic heterocycles. The summed E-state index contributed by atoms with van der Waals surface area (Å²) >= 11 is 1.71. The molecular weight excluding hydrogens is 392 g/mol. The van der Waals surface area contributed by atoms with E-state index in [2.05, 4.69) is 16.0 Å². The molecule has 0 saturated carbocycles. The summed E-state index contributed by atoms with van der Waals surface area (Å²) < 4.78 is 6.67. The van der Waals surface area contributed by atoms with Gasteiger partial charge in [0, 0.05) is 38.3 Å². The van der Waals surface area contributed by atoms with Gasteiger partial charge in [0.2, 0.25) is 0 Å². The van der Waals surface area contributed by atoms with Crippen molar-refractivity contribution in [3.05, 3.63) is 63.7 Å². The number of carbonyl (C=O) groups is 1. The minimum atomic E-state index is -0.469. The molecule has 8 nitrogen and oxygen atoms in total. The Morgan fingerprint density at radius 1 is 1.10 bits per heavy atom. The number of nitro benzene ring substituents is 1. The zero-order valence-electron chi connectivity index (χ0n) is 15.7. The fourth-order valence-electron chi connectivity index (χ4n) is 3.23. The van der Waals surface area contributed by atoms with E-state index in [9.17, 15) is 14.9 Å². The number of piperazine rings is 1. The third kappa shape index (κ3) is 4.69. The molecule has 1 aliphatic heterocycles. The minimum absolute atomic E-state index is 0.00655. The lowest BCUT2D eigenvalue weighted by Crippen LogP contribution is -2.49. The number of carbonyl (C=O) groups excluding carboxylic acids is 1. The SMILES string of the molecule is O=C(COc1ccc([N+](=O)[O-])cc1)N1CCN(Cc2nc3ccccc3s2)CC1. The second kappa shape index (κ2) is 8.54. The number of amides is 1. The summed E-state index contributed by atoms with van der Waals surface area (Å²) in [6, 6.07) is 13.8. The van der Waals surface area contributed by atoms with Crippen LogP contribution < -0.4 is 4.74 Å². The van der Waals surface area contributed by atoms with Crippen LogP contribution in [0.2, 0.25) is 0 Å². The van der Waals surface area contributed by atoms with Crippen molar-refractivity contribution in [3.8, 4) is 5.75 Å². The first-order chi connectivity index (χ1) is 14.1. The molecule has 0 unspecified atom stereocenters. The Kier molecular flexibility index (Phi) is 5.68. The Labute approximate surface area is 171 Å². The number of nitro groups is 1. The first kappa shape index (κ1) is 19.3. The summed E-state index contributed by atoms with van der Waals surface area (Å²) in [7, 11) is 0. The Morgan fingerprint density at radius 2 is 1.83 bits per heavy atom. The minimum Gasteiger partial charge on any atom is -0.484 e. The van der Waals surface area contributed by atoms with Gasteiger partial charge in [-0.3, -0.25) is 19.8 Å². The van der Waals surface area contributed by atoms with Crippen molar-refractivity contribution in [3.63, 3.8) is 0 Å². The van der Waals surface area contributed by atoms with Crippen molar-refractivity contribution in [2.45, 2.75) is 6.54 Å². The van der Waals surface area contributed by atoms with Crippen LogP contribution in [0.15, 0.2) is 48.5 Å². The van der Waals surface area contributed by atoms with Gasteiger partial charge in [-0.25, -0.2) is 4.98 Å². The lowest BCUT2D eigenvalue weighted by molar-refractivity contribution is -0.384. The fourth-order valence-corrected chi connectivity index (χ4v) is 4.24. The van der Waals surface area contributed by atoms with Gasteiger partial charge in [0.1, 0.15) is 10.8 Å². The average Bonchev–Trinajstić information content (AvgIpc) is 3.15. The predicted octanol–water partition coefficient (Wildman–Crippen LogP) is 2.93. The number of benzene rings is 2. The van der Waals surface area contributed by atoms with Crippen LogP contribution in [0.1, 0.15) is 5.01 Å². The number of hydrogen-bond acceptors (Lipinski definition) is 7. The first-order valence-electron chi connectivity index (χ1n) is 9.30. The number of non-ortho nitro benzene ring substituents is 1. The first-order valence-corrected chi connectivity index (χ1v) is 10.1. The topological polar surface area (TPSA) is 88.8 Å². The fraction of sp³-hybridized carbons (Fsp3) is 0.300. The maximum absolute atomic E-state index is 12.4. The third-order valence-electron chi connectivity index (χ3n) is 4.83. The molecular formula is C20H20N4O4S. The Morgan fingerprint density at radius 3 is 2.52 bits per heavy atom. The monoisotopic (exact) mass is 412 g/mol. The molecule has 0 spiro atoms. The normalized spacial score (nSPS) is 14.8. The Bertz CT molecular complexity index is 980. The lowest BCUT2D eigenvalue weighted by atomic mass is 10.3. The number of thiazole rings is 1. The van der Waals surface area contributed by atoms with Crippen LogP contribution >= 0.6 is 11.3 Å². The Balaban J connectivity index is 1.24. The Hall–Kier alpha value is -3.04. The van der Waals surface area contributed by atoms with Gasteiger partial charge in [0.15, 0.2) is 6.61 Å². The summed E-state index contributed by atoms with van der Waals surface area (Å²) in [5.74, 6) is 0.362. The highest BCUT2D eigenvalue weighted by molar-refractivity contribution is 7.18. The lowest BCUT2D eigenvalue weighted by Gasteiger charge is -2.34. The summed E-state index contributed by atoms with van der Waals surface area (Å²) in [4.78, 5) is 31.4. The van der Waals surface area contributed by atoms with Gasteiger partial charge in [-0.2, -0.15) is 0 Å². The quantitative estimate of drug-likeness (QED) is 0.457. The molecule has 0 aliphatic carbocycles. The van der Waals surface area contributed by atoms with Crippen LogP contribution in [0.25, 0.3) is 10.2 Å². The summed E-state index contributed by atoms with van der Waals surface area (Å²) in [6.45, 7) is 3.59. The van der Waals surface area contributed by atoms with Crippen LogP contribution in [0.4, 0.5) is 5.69 Å². The third-order valence-corrected chi connectivity index (χ3v) is 5.85. The van der Waals surface area contributed by atoms with Crippen molar-refractivity contribution in [1.82, 2.24) is 14.8 Å². The van der Waals surface area contributed by atoms with E-state index in [-0.39, 0.29) is 18.2 Å². The van der Waals surface area contributed by atoms with Crippen LogP contribution in [-0.2, 0) is 11.3 Å². The van der Waals surface area contributed by atoms with E-state index in [0.29, 0.717) is 18.8 Å². The molecule has 1 saturated heterocycles. The van der Waals surface area contributed by atoms with Crippen LogP contribution in [-0.4, -0.2) is 58.4 Å². The number of aromatic nitrogens is 1. The molecule has 1 fully saturated rings. The molecule has 29 heavy (non-hydrogen) atoms. The second-order valence-electron chi connectivity index (χ2n) is 6.77. The van der Waals surface area contributed by atoms with Crippen molar-refractivity contribution < 1.29 is 14.5 Å². The smallest absolute Gasteiger partial charge is 0.269 e. The number of nitrogens with zero attached hydrogens (tertiary/aromatic N) is 4. The van der Waals surface area contributed by atoms with E-state index in [4.69, 9.17) is 4.74 Å². The van der Waals surface area contributed by atoms with Gasteiger partial charge in [0.25, 0.3) is 11.6 Å². The number of rotatable bonds is 6. The number of para-hydroxylation sites is 1. The van der Waals surface area contributed by atoms with Gasteiger partial charge < -0.3 is 9.64 Å². The van der Waals surface area contributed by atoms with E-state index in [1.807, 2.05) is 18.2 Å². The van der Waals surface area contributed by atoms with E-state index < -0.39 is 4.92 Å². The maximum Gasteiger partial charge on any atom is 0.269 e. The van der Waals surface area contributed by atoms with E-state index in [1.165, 1.54) is 29.0 Å². The summed E-state index contributed by atoms with van der Waals surface area (Å²) in [5, 5.41) is 11.8. The average molecular weight is 412 g/mol. The maximum atomic E-state index is 12.4. The van der Waals surface area contributed by atoms with Crippen molar-refractivity contribution in [2.24, 2.45) is 0 Å². The van der Waals surface area contributed by atoms with Gasteiger partial charge in [-0.05, 0) is 24.3 Å². The molecule has 0 bridgehead atoms. The predicted molar refractivity (Wildman–Crippen MR) is 110 cm³/mol. The second-order valence-corrected chi connectivity index (χ2v) is 7.89. The molecule has 0 radical (unpaired) electrons. The largest absolute Gasteiger partial charge is 0.484 e. The van der Waals surface area contributed by atoms with Crippen LogP contribution in [0.5, 0.6) is 5.75 Å². The zero-order valence-corrected chi connectivity index (χ0v) is 16.5. The van der Waals surface area contributed by atoms with Crippen molar-refractivity contribution in [1.29, 1.82) is 0 Å². The molecule has 4 rings (SSSR count). The molecule has 1 aliphatic rings. The summed E-state index contributed by atoms with van der Waals surface area (Å²) in [5.41, 5.74) is 1.03. The highest BCUT2D eigenvalue weighted by Gasteiger charge is 2.22. The molecule has 2 aromatic carbocycles. The van der Waals surface area contributed by atoms with Crippen LogP contribution in [0, 0.1) is 10.1 Å². The van der Waals surface area contributed by atoms with E-state index in [1.54, 1.807) is 16.2 Å². The molecule has 150 valence electrons. The number of ether oxygens (including phenoxy) is 1. The van der Waals surface area contributed by atoms with Gasteiger partial charge >= 0.3 is 0 Å². The molecule has 9 heteroatoms. The van der Waals surface area contributed by atoms with Crippen molar-refractivity contribution >= 4 is 33.1 Å². The standard InChI is InChI=1S/C20H20N4O4S/c25-20(14-28-16-7-5-15(6-8-16)24(26)27)23-11-9-22(10-12-23)13-19-21-17-3-1-2-4-18(17)29-19/h1-8H,9-14H2. The van der Waals surface area contributed by atoms with Crippen molar-refractivity contribution in [2.75, 3.05) is 32.8 Å². The van der Waals surface area contributed by atoms with Gasteiger partial charge in [-0.15, -0.1) is 11.3 Å². The van der Waals surface area contributed by atoms with Crippen LogP contribution in [0.3, 0.4) is 0 Å². The zero-order chi connectivity index (χ0) is 20.2. The molecule has 0 N–H and O–H groups in total. The highest BCUT2D eigenvalue weighted by atomic mass is 32.1. The molecule has 3 aromatic rings.